The van der Waals surface area contributed by atoms with Gasteiger partial charge in [0.25, 0.3) is 0 Å². The fourth-order valence-electron chi connectivity index (χ4n) is 1.53. The summed E-state index contributed by atoms with van der Waals surface area (Å²) in [5.74, 6) is 0.204. The van der Waals surface area contributed by atoms with E-state index in [0.29, 0.717) is 6.54 Å². The highest BCUT2D eigenvalue weighted by atomic mass is 16.5. The minimum Gasteiger partial charge on any atom is -0.364 e. The van der Waals surface area contributed by atoms with Crippen molar-refractivity contribution in [2.45, 2.75) is 20.4 Å². The Hall–Kier alpha value is -1.84. The van der Waals surface area contributed by atoms with Gasteiger partial charge in [-0.2, -0.15) is 0 Å². The first kappa shape index (κ1) is 10.7. The van der Waals surface area contributed by atoms with Gasteiger partial charge >= 0.3 is 0 Å². The summed E-state index contributed by atoms with van der Waals surface area (Å²) in [6.45, 7) is 4.48. The van der Waals surface area contributed by atoms with E-state index in [4.69, 9.17) is 4.52 Å². The maximum absolute atomic E-state index is 11.7. The molecule has 0 fully saturated rings. The Morgan fingerprint density at radius 3 is 3.00 bits per heavy atom. The van der Waals surface area contributed by atoms with Crippen molar-refractivity contribution in [1.82, 2.24) is 9.72 Å². The highest BCUT2D eigenvalue weighted by molar-refractivity contribution is 5.97. The number of hydrogen-bond donors (Lipinski definition) is 0. The van der Waals surface area contributed by atoms with Crippen LogP contribution in [0.3, 0.4) is 0 Å². The average molecular weight is 218 g/mol. The van der Waals surface area contributed by atoms with E-state index in [2.05, 4.69) is 5.16 Å². The number of aromatic nitrogens is 2. The molecule has 0 atom stereocenters. The zero-order valence-electron chi connectivity index (χ0n) is 9.38. The molecule has 0 spiro atoms. The van der Waals surface area contributed by atoms with Crippen molar-refractivity contribution in [2.24, 2.45) is 5.92 Å². The first-order chi connectivity index (χ1) is 7.66. The quantitative estimate of drug-likeness (QED) is 0.740. The second-order valence-corrected chi connectivity index (χ2v) is 4.12. The third kappa shape index (κ3) is 2.21. The molecule has 2 heterocycles. The van der Waals surface area contributed by atoms with Crippen LogP contribution in [0.4, 0.5) is 0 Å². The zero-order chi connectivity index (χ0) is 11.5. The summed E-state index contributed by atoms with van der Waals surface area (Å²) in [7, 11) is 0. The van der Waals surface area contributed by atoms with Gasteiger partial charge in [0.15, 0.2) is 5.78 Å². The topological polar surface area (TPSA) is 48.0 Å². The molecule has 2 aromatic heterocycles. The lowest BCUT2D eigenvalue weighted by Crippen LogP contribution is -2.06. The summed E-state index contributed by atoms with van der Waals surface area (Å²) in [4.78, 5) is 11.7. The molecule has 0 saturated carbocycles. The van der Waals surface area contributed by atoms with Gasteiger partial charge in [-0.3, -0.25) is 4.79 Å². The molecule has 0 amide bonds. The number of hydrogen-bond acceptors (Lipinski definition) is 3. The molecule has 2 aromatic rings. The van der Waals surface area contributed by atoms with Crippen LogP contribution in [0.1, 0.15) is 29.8 Å². The summed E-state index contributed by atoms with van der Waals surface area (Å²) in [6.07, 6.45) is 7.02. The van der Waals surface area contributed by atoms with Crippen molar-refractivity contribution in [3.63, 3.8) is 0 Å². The number of Topliss-reactive ketones (excluding diaryl/α,β-unsaturated/α-hetero) is 1. The van der Waals surface area contributed by atoms with Crippen LogP contribution in [0, 0.1) is 5.92 Å². The number of rotatable bonds is 4. The van der Waals surface area contributed by atoms with Crippen LogP contribution in [0.25, 0.3) is 0 Å². The molecule has 2 rings (SSSR count). The molecule has 0 aliphatic carbocycles. The molecule has 0 saturated heterocycles. The fraction of sp³-hybridized carbons (Fsp3) is 0.333. The van der Waals surface area contributed by atoms with Gasteiger partial charge < -0.3 is 9.09 Å². The van der Waals surface area contributed by atoms with Crippen LogP contribution in [0.2, 0.25) is 0 Å². The SMILES string of the molecule is CC(C)C(=O)c1ccn(Cc2cnoc2)c1. The monoisotopic (exact) mass is 218 g/mol. The van der Waals surface area contributed by atoms with Crippen molar-refractivity contribution in [3.8, 4) is 0 Å². The predicted octanol–water partition coefficient (Wildman–Crippen LogP) is 2.36. The highest BCUT2D eigenvalue weighted by Crippen LogP contribution is 2.10. The summed E-state index contributed by atoms with van der Waals surface area (Å²) in [5, 5.41) is 3.63. The van der Waals surface area contributed by atoms with Gasteiger partial charge in [-0.1, -0.05) is 19.0 Å². The van der Waals surface area contributed by atoms with E-state index in [1.807, 2.05) is 36.9 Å². The maximum Gasteiger partial charge on any atom is 0.166 e. The largest absolute Gasteiger partial charge is 0.364 e. The van der Waals surface area contributed by atoms with Crippen molar-refractivity contribution in [1.29, 1.82) is 0 Å². The van der Waals surface area contributed by atoms with Gasteiger partial charge in [0.05, 0.1) is 12.7 Å². The van der Waals surface area contributed by atoms with E-state index in [-0.39, 0.29) is 11.7 Å². The Labute approximate surface area is 93.9 Å². The molecule has 0 aliphatic rings. The lowest BCUT2D eigenvalue weighted by molar-refractivity contribution is 0.0939. The normalized spacial score (nSPS) is 10.9. The fourth-order valence-corrected chi connectivity index (χ4v) is 1.53. The molecule has 0 unspecified atom stereocenters. The number of carbonyl (C=O) groups excluding carboxylic acids is 1. The Kier molecular flexibility index (Phi) is 2.90. The molecule has 16 heavy (non-hydrogen) atoms. The van der Waals surface area contributed by atoms with Crippen molar-refractivity contribution in [3.05, 3.63) is 42.0 Å². The molecule has 0 aliphatic heterocycles. The molecular formula is C12H14N2O2. The number of nitrogens with zero attached hydrogens (tertiary/aromatic N) is 2. The van der Waals surface area contributed by atoms with Gasteiger partial charge in [0.1, 0.15) is 6.26 Å². The summed E-state index contributed by atoms with van der Waals surface area (Å²) >= 11 is 0. The Morgan fingerprint density at radius 2 is 2.38 bits per heavy atom. The van der Waals surface area contributed by atoms with Crippen LogP contribution in [-0.4, -0.2) is 15.5 Å². The summed E-state index contributed by atoms with van der Waals surface area (Å²) < 4.78 is 6.70. The van der Waals surface area contributed by atoms with E-state index in [1.165, 1.54) is 0 Å². The maximum atomic E-state index is 11.7. The van der Waals surface area contributed by atoms with Gasteiger partial charge in [-0.05, 0) is 6.07 Å². The van der Waals surface area contributed by atoms with Crippen LogP contribution in [0.5, 0.6) is 0 Å². The third-order valence-electron chi connectivity index (χ3n) is 2.41. The standard InChI is InChI=1S/C12H14N2O2/c1-9(2)12(15)11-3-4-14(7-11)6-10-5-13-16-8-10/h3-5,7-9H,6H2,1-2H3. The lowest BCUT2D eigenvalue weighted by Gasteiger charge is -2.01. The van der Waals surface area contributed by atoms with Gasteiger partial charge in [-0.15, -0.1) is 0 Å². The average Bonchev–Trinajstić information content (AvgIpc) is 2.88. The Balaban J connectivity index is 2.11. The third-order valence-corrected chi connectivity index (χ3v) is 2.41. The zero-order valence-corrected chi connectivity index (χ0v) is 9.38. The Morgan fingerprint density at radius 1 is 1.56 bits per heavy atom. The molecule has 0 N–H and O–H groups in total. The number of carbonyl (C=O) groups is 1. The van der Waals surface area contributed by atoms with E-state index in [0.717, 1.165) is 11.1 Å². The van der Waals surface area contributed by atoms with Crippen LogP contribution < -0.4 is 0 Å². The van der Waals surface area contributed by atoms with Crippen LogP contribution in [-0.2, 0) is 6.54 Å². The second kappa shape index (κ2) is 4.35. The Bertz CT molecular complexity index is 469. The lowest BCUT2D eigenvalue weighted by atomic mass is 10.0. The van der Waals surface area contributed by atoms with E-state index >= 15 is 0 Å². The van der Waals surface area contributed by atoms with Crippen LogP contribution >= 0.6 is 0 Å². The minimum atomic E-state index is 0.0337. The first-order valence-electron chi connectivity index (χ1n) is 5.25. The molecule has 0 aromatic carbocycles. The van der Waals surface area contributed by atoms with Crippen molar-refractivity contribution < 1.29 is 9.32 Å². The first-order valence-corrected chi connectivity index (χ1v) is 5.25. The molecule has 0 radical (unpaired) electrons. The van der Waals surface area contributed by atoms with Crippen molar-refractivity contribution >= 4 is 5.78 Å². The predicted molar refractivity (Wildman–Crippen MR) is 59.2 cm³/mol. The molecule has 84 valence electrons. The summed E-state index contributed by atoms with van der Waals surface area (Å²) in [5.41, 5.74) is 1.74. The molecule has 4 heteroatoms. The van der Waals surface area contributed by atoms with Gasteiger partial charge in [0, 0.05) is 29.4 Å². The van der Waals surface area contributed by atoms with E-state index < -0.39 is 0 Å². The van der Waals surface area contributed by atoms with Crippen LogP contribution in [0.15, 0.2) is 35.4 Å². The van der Waals surface area contributed by atoms with E-state index in [9.17, 15) is 4.79 Å². The molecule has 0 bridgehead atoms. The molecular weight excluding hydrogens is 204 g/mol. The van der Waals surface area contributed by atoms with Gasteiger partial charge in [-0.25, -0.2) is 0 Å². The molecule has 4 nitrogen and oxygen atoms in total. The van der Waals surface area contributed by atoms with Gasteiger partial charge in [0.2, 0.25) is 0 Å². The smallest absolute Gasteiger partial charge is 0.166 e. The van der Waals surface area contributed by atoms with E-state index in [1.54, 1.807) is 12.5 Å². The summed E-state index contributed by atoms with van der Waals surface area (Å²) in [6, 6.07) is 1.84. The second-order valence-electron chi connectivity index (χ2n) is 4.12. The minimum absolute atomic E-state index is 0.0337. The number of ketones is 1. The highest BCUT2D eigenvalue weighted by Gasteiger charge is 2.11. The van der Waals surface area contributed by atoms with Crippen molar-refractivity contribution in [2.75, 3.05) is 0 Å².